The average Bonchev–Trinajstić information content (AvgIpc) is 2.41. The Morgan fingerprint density at radius 2 is 1.95 bits per heavy atom. The zero-order valence-electron chi connectivity index (χ0n) is 10.9. The highest BCUT2D eigenvalue weighted by atomic mass is 79.9. The van der Waals surface area contributed by atoms with Crippen molar-refractivity contribution in [1.29, 1.82) is 0 Å². The molecule has 0 aromatic heterocycles. The van der Waals surface area contributed by atoms with Gasteiger partial charge in [0.2, 0.25) is 0 Å². The molecule has 1 unspecified atom stereocenters. The lowest BCUT2D eigenvalue weighted by Crippen LogP contribution is -2.08. The van der Waals surface area contributed by atoms with E-state index in [4.69, 9.17) is 10.5 Å². The molecule has 0 radical (unpaired) electrons. The van der Waals surface area contributed by atoms with Crippen LogP contribution in [-0.4, -0.2) is 0 Å². The highest BCUT2D eigenvalue weighted by Crippen LogP contribution is 2.26. The zero-order valence-corrected chi connectivity index (χ0v) is 12.5. The van der Waals surface area contributed by atoms with Crippen molar-refractivity contribution in [2.75, 3.05) is 0 Å². The second-order valence-electron chi connectivity index (χ2n) is 4.51. The molecule has 0 spiro atoms. The molecule has 20 heavy (non-hydrogen) atoms. The van der Waals surface area contributed by atoms with Crippen LogP contribution in [0.15, 0.2) is 40.9 Å². The summed E-state index contributed by atoms with van der Waals surface area (Å²) in [6.45, 7) is 2.01. The van der Waals surface area contributed by atoms with Crippen molar-refractivity contribution in [3.63, 3.8) is 0 Å². The zero-order chi connectivity index (χ0) is 14.7. The molecular weight excluding hydrogens is 328 g/mol. The minimum absolute atomic E-state index is 0.254. The van der Waals surface area contributed by atoms with Crippen LogP contribution < -0.4 is 10.5 Å². The van der Waals surface area contributed by atoms with Crippen LogP contribution in [0.3, 0.4) is 0 Å². The fourth-order valence-electron chi connectivity index (χ4n) is 1.80. The number of hydrogen-bond donors (Lipinski definition) is 1. The summed E-state index contributed by atoms with van der Waals surface area (Å²) in [7, 11) is 0. The number of rotatable bonds is 4. The number of halogens is 3. The summed E-state index contributed by atoms with van der Waals surface area (Å²) in [5.41, 5.74) is 7.20. The molecule has 0 aliphatic rings. The summed E-state index contributed by atoms with van der Waals surface area (Å²) in [5, 5.41) is 0. The van der Waals surface area contributed by atoms with Crippen LogP contribution in [0.2, 0.25) is 0 Å². The van der Waals surface area contributed by atoms with E-state index in [1.54, 1.807) is 25.1 Å². The monoisotopic (exact) mass is 341 g/mol. The fraction of sp³-hybridized carbons (Fsp3) is 0.200. The van der Waals surface area contributed by atoms with Crippen LogP contribution in [-0.2, 0) is 6.61 Å². The van der Waals surface area contributed by atoms with Gasteiger partial charge in [-0.15, -0.1) is 0 Å². The molecule has 0 aliphatic carbocycles. The number of ether oxygens (including phenoxy) is 1. The SMILES string of the molecule is CC(N)c1cc(F)ccc1OCc1ccc(F)c(Br)c1. The number of nitrogens with two attached hydrogens (primary N) is 1. The van der Waals surface area contributed by atoms with Gasteiger partial charge in [-0.25, -0.2) is 8.78 Å². The number of benzene rings is 2. The molecule has 2 nitrogen and oxygen atoms in total. The minimum Gasteiger partial charge on any atom is -0.489 e. The molecule has 2 N–H and O–H groups in total. The molecule has 106 valence electrons. The molecule has 0 heterocycles. The van der Waals surface area contributed by atoms with E-state index in [-0.39, 0.29) is 24.3 Å². The van der Waals surface area contributed by atoms with Gasteiger partial charge < -0.3 is 10.5 Å². The van der Waals surface area contributed by atoms with Crippen molar-refractivity contribution in [2.24, 2.45) is 5.73 Å². The predicted molar refractivity (Wildman–Crippen MR) is 77.4 cm³/mol. The Bertz CT molecular complexity index is 617. The maximum absolute atomic E-state index is 13.2. The van der Waals surface area contributed by atoms with Crippen LogP contribution in [0, 0.1) is 11.6 Å². The van der Waals surface area contributed by atoms with Crippen molar-refractivity contribution < 1.29 is 13.5 Å². The van der Waals surface area contributed by atoms with E-state index in [0.29, 0.717) is 15.8 Å². The first-order valence-electron chi connectivity index (χ1n) is 6.09. The molecule has 0 bridgehead atoms. The van der Waals surface area contributed by atoms with Crippen LogP contribution in [0.25, 0.3) is 0 Å². The van der Waals surface area contributed by atoms with Crippen molar-refractivity contribution in [2.45, 2.75) is 19.6 Å². The molecule has 0 amide bonds. The fourth-order valence-corrected chi connectivity index (χ4v) is 2.22. The van der Waals surface area contributed by atoms with E-state index in [1.807, 2.05) is 0 Å². The first-order chi connectivity index (χ1) is 9.47. The van der Waals surface area contributed by atoms with Crippen LogP contribution in [0.1, 0.15) is 24.1 Å². The summed E-state index contributed by atoms with van der Waals surface area (Å²) >= 11 is 3.12. The van der Waals surface area contributed by atoms with Crippen LogP contribution in [0.4, 0.5) is 8.78 Å². The Labute approximate surface area is 124 Å². The molecule has 1 atom stereocenters. The molecule has 0 saturated heterocycles. The molecule has 0 aliphatic heterocycles. The van der Waals surface area contributed by atoms with Crippen LogP contribution in [0.5, 0.6) is 5.75 Å². The Kier molecular flexibility index (Phi) is 4.73. The molecule has 2 rings (SSSR count). The van der Waals surface area contributed by atoms with Gasteiger partial charge in [0.1, 0.15) is 24.0 Å². The van der Waals surface area contributed by atoms with E-state index in [0.717, 1.165) is 5.56 Å². The van der Waals surface area contributed by atoms with Gasteiger partial charge in [-0.05, 0) is 58.7 Å². The third-order valence-electron chi connectivity index (χ3n) is 2.84. The Morgan fingerprint density at radius 1 is 1.20 bits per heavy atom. The van der Waals surface area contributed by atoms with Gasteiger partial charge in [0, 0.05) is 11.6 Å². The summed E-state index contributed by atoms with van der Waals surface area (Å²) in [4.78, 5) is 0. The quantitative estimate of drug-likeness (QED) is 0.898. The summed E-state index contributed by atoms with van der Waals surface area (Å²) in [6, 6.07) is 8.54. The van der Waals surface area contributed by atoms with Crippen molar-refractivity contribution in [1.82, 2.24) is 0 Å². The summed E-state index contributed by atoms with van der Waals surface area (Å²) in [5.74, 6) is -0.150. The molecule has 5 heteroatoms. The average molecular weight is 342 g/mol. The molecule has 2 aromatic carbocycles. The van der Waals surface area contributed by atoms with E-state index in [2.05, 4.69) is 15.9 Å². The maximum Gasteiger partial charge on any atom is 0.137 e. The Balaban J connectivity index is 2.16. The topological polar surface area (TPSA) is 35.2 Å². The first kappa shape index (κ1) is 14.9. The standard InChI is InChI=1S/C15H14BrF2NO/c1-9(19)12-7-11(17)3-5-15(12)20-8-10-2-4-14(18)13(16)6-10/h2-7,9H,8,19H2,1H3. The summed E-state index contributed by atoms with van der Waals surface area (Å²) in [6.07, 6.45) is 0. The molecule has 0 saturated carbocycles. The van der Waals surface area contributed by atoms with Crippen molar-refractivity contribution in [3.05, 3.63) is 63.6 Å². The van der Waals surface area contributed by atoms with Crippen molar-refractivity contribution in [3.8, 4) is 5.75 Å². The van der Waals surface area contributed by atoms with Crippen LogP contribution >= 0.6 is 15.9 Å². The lowest BCUT2D eigenvalue weighted by Gasteiger charge is -2.14. The molecular formula is C15H14BrF2NO. The predicted octanol–water partition coefficient (Wildman–Crippen LogP) is 4.33. The first-order valence-corrected chi connectivity index (χ1v) is 6.88. The van der Waals surface area contributed by atoms with Gasteiger partial charge in [0.05, 0.1) is 4.47 Å². The van der Waals surface area contributed by atoms with E-state index >= 15 is 0 Å². The third-order valence-corrected chi connectivity index (χ3v) is 3.45. The van der Waals surface area contributed by atoms with E-state index in [9.17, 15) is 8.78 Å². The van der Waals surface area contributed by atoms with Gasteiger partial charge >= 0.3 is 0 Å². The second kappa shape index (κ2) is 6.33. The van der Waals surface area contributed by atoms with Gasteiger partial charge in [-0.3, -0.25) is 0 Å². The maximum atomic E-state index is 13.2. The number of hydrogen-bond acceptors (Lipinski definition) is 2. The summed E-state index contributed by atoms with van der Waals surface area (Å²) < 4.78 is 32.4. The highest BCUT2D eigenvalue weighted by molar-refractivity contribution is 9.10. The van der Waals surface area contributed by atoms with E-state index in [1.165, 1.54) is 18.2 Å². The highest BCUT2D eigenvalue weighted by Gasteiger charge is 2.10. The van der Waals surface area contributed by atoms with Gasteiger partial charge in [0.25, 0.3) is 0 Å². The molecule has 0 fully saturated rings. The van der Waals surface area contributed by atoms with E-state index < -0.39 is 0 Å². The third kappa shape index (κ3) is 3.55. The van der Waals surface area contributed by atoms with Gasteiger partial charge in [-0.2, -0.15) is 0 Å². The Hall–Kier alpha value is -1.46. The molecule has 2 aromatic rings. The minimum atomic E-state index is -0.353. The lowest BCUT2D eigenvalue weighted by molar-refractivity contribution is 0.300. The van der Waals surface area contributed by atoms with Gasteiger partial charge in [-0.1, -0.05) is 6.07 Å². The lowest BCUT2D eigenvalue weighted by atomic mass is 10.1. The van der Waals surface area contributed by atoms with Gasteiger partial charge in [0.15, 0.2) is 0 Å². The smallest absolute Gasteiger partial charge is 0.137 e. The normalized spacial score (nSPS) is 12.2. The second-order valence-corrected chi connectivity index (χ2v) is 5.36. The van der Waals surface area contributed by atoms with Crippen molar-refractivity contribution >= 4 is 15.9 Å². The largest absolute Gasteiger partial charge is 0.489 e. The Morgan fingerprint density at radius 3 is 2.60 bits per heavy atom.